The van der Waals surface area contributed by atoms with Crippen molar-refractivity contribution in [2.75, 3.05) is 10.6 Å². The Bertz CT molecular complexity index is 1630. The van der Waals surface area contributed by atoms with Crippen molar-refractivity contribution in [1.29, 1.82) is 0 Å². The predicted octanol–water partition coefficient (Wildman–Crippen LogP) is 8.05. The van der Waals surface area contributed by atoms with E-state index in [1.165, 1.54) is 30.0 Å². The largest absolute Gasteiger partial charge is 0.325 e. The molecule has 0 aliphatic rings. The van der Waals surface area contributed by atoms with Gasteiger partial charge in [0.2, 0.25) is 5.91 Å². The predicted molar refractivity (Wildman–Crippen MR) is 168 cm³/mol. The summed E-state index contributed by atoms with van der Waals surface area (Å²) in [7, 11) is 0. The molecule has 0 heterocycles. The monoisotopic (exact) mass is 621 g/mol. The normalized spacial score (nSPS) is 11.9. The van der Waals surface area contributed by atoms with E-state index in [4.69, 9.17) is 23.2 Å². The first-order valence-corrected chi connectivity index (χ1v) is 14.5. The molecule has 6 nitrogen and oxygen atoms in total. The second-order valence-corrected chi connectivity index (χ2v) is 11.2. The van der Waals surface area contributed by atoms with E-state index >= 15 is 0 Å². The number of rotatable bonds is 10. The number of anilines is 2. The molecule has 1 atom stereocenters. The first-order chi connectivity index (χ1) is 20.2. The van der Waals surface area contributed by atoms with Gasteiger partial charge in [0.05, 0.1) is 10.3 Å². The first kappa shape index (κ1) is 30.8. The Morgan fingerprint density at radius 2 is 1.60 bits per heavy atom. The fourth-order valence-corrected chi connectivity index (χ4v) is 5.23. The SMILES string of the molecule is CCC(Sc1cccc(NC(=O)/C(=C/c2cccc(Cl)c2)NC(=O)c2ccccc2)c1)C(=O)Nc1ccc(F)c(Cl)c1. The van der Waals surface area contributed by atoms with Gasteiger partial charge in [0.1, 0.15) is 11.5 Å². The van der Waals surface area contributed by atoms with Crippen LogP contribution in [0.2, 0.25) is 10.0 Å². The van der Waals surface area contributed by atoms with Crippen LogP contribution in [-0.2, 0) is 9.59 Å². The van der Waals surface area contributed by atoms with Gasteiger partial charge in [-0.15, -0.1) is 11.8 Å². The van der Waals surface area contributed by atoms with Crippen molar-refractivity contribution < 1.29 is 18.8 Å². The Labute approximate surface area is 257 Å². The molecule has 0 bridgehead atoms. The molecule has 0 radical (unpaired) electrons. The Balaban J connectivity index is 1.50. The second-order valence-electron chi connectivity index (χ2n) is 9.05. The minimum absolute atomic E-state index is 0.0212. The van der Waals surface area contributed by atoms with Crippen LogP contribution in [0.15, 0.2) is 108 Å². The summed E-state index contributed by atoms with van der Waals surface area (Å²) in [6.45, 7) is 1.88. The van der Waals surface area contributed by atoms with Crippen molar-refractivity contribution in [2.24, 2.45) is 0 Å². The van der Waals surface area contributed by atoms with Gasteiger partial charge in [-0.1, -0.05) is 66.5 Å². The van der Waals surface area contributed by atoms with Crippen LogP contribution < -0.4 is 16.0 Å². The number of carbonyl (C=O) groups excluding carboxylic acids is 3. The maximum Gasteiger partial charge on any atom is 0.272 e. The Hall–Kier alpha value is -4.11. The number of amides is 3. The smallest absolute Gasteiger partial charge is 0.272 e. The van der Waals surface area contributed by atoms with Crippen LogP contribution in [-0.4, -0.2) is 23.0 Å². The summed E-state index contributed by atoms with van der Waals surface area (Å²) >= 11 is 13.3. The Morgan fingerprint density at radius 3 is 2.31 bits per heavy atom. The highest BCUT2D eigenvalue weighted by Crippen LogP contribution is 2.29. The lowest BCUT2D eigenvalue weighted by atomic mass is 10.1. The fraction of sp³-hybridized carbons (Fsp3) is 0.0938. The number of halogens is 3. The molecule has 1 unspecified atom stereocenters. The molecule has 4 aromatic rings. The molecule has 214 valence electrons. The van der Waals surface area contributed by atoms with E-state index in [2.05, 4.69) is 16.0 Å². The zero-order valence-electron chi connectivity index (χ0n) is 22.4. The zero-order chi connectivity index (χ0) is 30.1. The average molecular weight is 623 g/mol. The highest BCUT2D eigenvalue weighted by atomic mass is 35.5. The van der Waals surface area contributed by atoms with E-state index < -0.39 is 22.9 Å². The summed E-state index contributed by atoms with van der Waals surface area (Å²) in [6.07, 6.45) is 2.06. The summed E-state index contributed by atoms with van der Waals surface area (Å²) in [6, 6.07) is 26.5. The summed E-state index contributed by atoms with van der Waals surface area (Å²) in [5.41, 5.74) is 1.91. The summed E-state index contributed by atoms with van der Waals surface area (Å²) in [4.78, 5) is 39.9. The molecule has 4 aromatic carbocycles. The number of thioether (sulfide) groups is 1. The van der Waals surface area contributed by atoms with Crippen molar-refractivity contribution in [1.82, 2.24) is 5.32 Å². The quantitative estimate of drug-likeness (QED) is 0.123. The van der Waals surface area contributed by atoms with E-state index in [1.54, 1.807) is 78.9 Å². The number of carbonyl (C=O) groups is 3. The van der Waals surface area contributed by atoms with Crippen LogP contribution in [0, 0.1) is 5.82 Å². The van der Waals surface area contributed by atoms with Gasteiger partial charge >= 0.3 is 0 Å². The first-order valence-electron chi connectivity index (χ1n) is 12.9. The highest BCUT2D eigenvalue weighted by molar-refractivity contribution is 8.00. The molecule has 0 fully saturated rings. The van der Waals surface area contributed by atoms with E-state index in [1.807, 2.05) is 13.0 Å². The third-order valence-corrected chi connectivity index (χ3v) is 7.79. The van der Waals surface area contributed by atoms with Crippen LogP contribution in [0.4, 0.5) is 15.8 Å². The van der Waals surface area contributed by atoms with Crippen molar-refractivity contribution >= 4 is 70.1 Å². The van der Waals surface area contributed by atoms with E-state index in [0.717, 1.165) is 4.90 Å². The summed E-state index contributed by atoms with van der Waals surface area (Å²) < 4.78 is 13.5. The van der Waals surface area contributed by atoms with Gasteiger partial charge in [-0.25, -0.2) is 4.39 Å². The van der Waals surface area contributed by atoms with Gasteiger partial charge in [0, 0.05) is 26.9 Å². The topological polar surface area (TPSA) is 87.3 Å². The molecule has 0 spiro atoms. The van der Waals surface area contributed by atoms with Gasteiger partial charge < -0.3 is 16.0 Å². The number of nitrogens with one attached hydrogen (secondary N) is 3. The van der Waals surface area contributed by atoms with Crippen LogP contribution in [0.25, 0.3) is 6.08 Å². The van der Waals surface area contributed by atoms with Gasteiger partial charge in [0.15, 0.2) is 0 Å². The Kier molecular flexibility index (Phi) is 10.8. The molecule has 0 aromatic heterocycles. The van der Waals surface area contributed by atoms with Crippen LogP contribution >= 0.6 is 35.0 Å². The third-order valence-electron chi connectivity index (χ3n) is 5.91. The van der Waals surface area contributed by atoms with Gasteiger partial charge in [-0.3, -0.25) is 14.4 Å². The second kappa shape index (κ2) is 14.7. The summed E-state index contributed by atoms with van der Waals surface area (Å²) in [5.74, 6) is -1.82. The standard InChI is InChI=1S/C32H26Cl2FN3O3S/c1-2-29(32(41)37-24-14-15-27(35)26(34)19-24)42-25-13-7-12-23(18-25)36-31(40)28(17-20-8-6-11-22(33)16-20)38-30(39)21-9-4-3-5-10-21/h3-19,29H,2H2,1H3,(H,36,40)(H,37,41)(H,38,39)/b28-17-. The molecular formula is C32H26Cl2FN3O3S. The fourth-order valence-electron chi connectivity index (χ4n) is 3.83. The third kappa shape index (κ3) is 8.69. The molecule has 10 heteroatoms. The van der Waals surface area contributed by atoms with Gasteiger partial charge in [-0.05, 0) is 78.7 Å². The van der Waals surface area contributed by atoms with Crippen molar-refractivity contribution in [2.45, 2.75) is 23.5 Å². The maximum absolute atomic E-state index is 13.5. The van der Waals surface area contributed by atoms with Gasteiger partial charge in [-0.2, -0.15) is 0 Å². The molecule has 0 saturated heterocycles. The van der Waals surface area contributed by atoms with Crippen LogP contribution in [0.5, 0.6) is 0 Å². The molecule has 42 heavy (non-hydrogen) atoms. The lowest BCUT2D eigenvalue weighted by Crippen LogP contribution is -2.30. The van der Waals surface area contributed by atoms with Crippen LogP contribution in [0.3, 0.4) is 0 Å². The molecule has 0 saturated carbocycles. The Morgan fingerprint density at radius 1 is 0.857 bits per heavy atom. The van der Waals surface area contributed by atoms with E-state index in [9.17, 15) is 18.8 Å². The molecule has 3 amide bonds. The molecule has 0 aliphatic heterocycles. The van der Waals surface area contributed by atoms with E-state index in [0.29, 0.717) is 33.9 Å². The van der Waals surface area contributed by atoms with Crippen molar-refractivity contribution in [3.05, 3.63) is 130 Å². The maximum atomic E-state index is 13.5. The molecular weight excluding hydrogens is 596 g/mol. The highest BCUT2D eigenvalue weighted by Gasteiger charge is 2.20. The van der Waals surface area contributed by atoms with E-state index in [-0.39, 0.29) is 16.6 Å². The van der Waals surface area contributed by atoms with Gasteiger partial charge in [0.25, 0.3) is 11.8 Å². The average Bonchev–Trinajstić information content (AvgIpc) is 2.98. The molecule has 4 rings (SSSR count). The number of hydrogen-bond donors (Lipinski definition) is 3. The molecule has 0 aliphatic carbocycles. The zero-order valence-corrected chi connectivity index (χ0v) is 24.7. The lowest BCUT2D eigenvalue weighted by Gasteiger charge is -2.16. The summed E-state index contributed by atoms with van der Waals surface area (Å²) in [5, 5.41) is 8.22. The molecule has 3 N–H and O–H groups in total. The van der Waals surface area contributed by atoms with Crippen LogP contribution in [0.1, 0.15) is 29.3 Å². The van der Waals surface area contributed by atoms with Crippen molar-refractivity contribution in [3.63, 3.8) is 0 Å². The lowest BCUT2D eigenvalue weighted by molar-refractivity contribution is -0.116. The minimum Gasteiger partial charge on any atom is -0.325 e. The number of hydrogen-bond acceptors (Lipinski definition) is 4. The number of benzene rings is 4. The minimum atomic E-state index is -0.569. The van der Waals surface area contributed by atoms with Crippen molar-refractivity contribution in [3.8, 4) is 0 Å².